The second kappa shape index (κ2) is 13.4. The Morgan fingerprint density at radius 2 is 1.93 bits per heavy atom. The van der Waals surface area contributed by atoms with E-state index in [9.17, 15) is 10.1 Å². The molecule has 0 aliphatic carbocycles. The average Bonchev–Trinajstić information content (AvgIpc) is 3.46. The summed E-state index contributed by atoms with van der Waals surface area (Å²) in [5, 5.41) is 12.6. The Labute approximate surface area is 271 Å². The largest absolute Gasteiger partial charge is 0.462 e. The van der Waals surface area contributed by atoms with Gasteiger partial charge in [0.1, 0.15) is 12.4 Å². The smallest absolute Gasteiger partial charge is 0.318 e. The van der Waals surface area contributed by atoms with Gasteiger partial charge in [-0.3, -0.25) is 4.79 Å². The van der Waals surface area contributed by atoms with Gasteiger partial charge in [-0.15, -0.1) is 0 Å². The number of carbonyl (C=O) groups is 1. The molecule has 0 saturated carbocycles. The molecule has 10 heteroatoms. The summed E-state index contributed by atoms with van der Waals surface area (Å²) in [6.45, 7) is 10.4. The van der Waals surface area contributed by atoms with Gasteiger partial charge in [-0.25, -0.2) is 0 Å². The third-order valence-corrected chi connectivity index (χ3v) is 10.2. The first-order valence-electron chi connectivity index (χ1n) is 16.4. The van der Waals surface area contributed by atoms with Crippen LogP contribution in [0.1, 0.15) is 57.7 Å². The van der Waals surface area contributed by atoms with Crippen molar-refractivity contribution in [2.75, 3.05) is 49.6 Å². The highest BCUT2D eigenvalue weighted by Gasteiger charge is 2.40. The van der Waals surface area contributed by atoms with E-state index in [1.165, 1.54) is 6.42 Å². The molecule has 3 aromatic rings. The molecule has 0 N–H and O–H groups in total. The number of aromatic nitrogens is 2. The van der Waals surface area contributed by atoms with Crippen LogP contribution in [-0.2, 0) is 17.8 Å². The number of ether oxygens (including phenoxy) is 1. The van der Waals surface area contributed by atoms with Gasteiger partial charge in [0.25, 0.3) is 0 Å². The number of likely N-dealkylation sites (tertiary alicyclic amines) is 1. The maximum Gasteiger partial charge on any atom is 0.318 e. The fourth-order valence-corrected chi connectivity index (χ4v) is 7.59. The Balaban J connectivity index is 1.40. The summed E-state index contributed by atoms with van der Waals surface area (Å²) in [6, 6.07) is 15.3. The first kappa shape index (κ1) is 31.4. The first-order valence-corrected chi connectivity index (χ1v) is 16.7. The van der Waals surface area contributed by atoms with Crippen LogP contribution in [0, 0.1) is 17.2 Å². The van der Waals surface area contributed by atoms with Crippen molar-refractivity contribution < 1.29 is 9.53 Å². The Morgan fingerprint density at radius 3 is 2.64 bits per heavy atom. The van der Waals surface area contributed by atoms with Crippen LogP contribution in [0.3, 0.4) is 0 Å². The molecule has 4 heterocycles. The van der Waals surface area contributed by atoms with Crippen molar-refractivity contribution in [1.29, 1.82) is 5.26 Å². The lowest BCUT2D eigenvalue weighted by Gasteiger charge is -2.48. The van der Waals surface area contributed by atoms with Crippen molar-refractivity contribution in [2.45, 2.75) is 77.5 Å². The minimum atomic E-state index is -0.197. The van der Waals surface area contributed by atoms with Crippen LogP contribution >= 0.6 is 11.6 Å². The fourth-order valence-electron chi connectivity index (χ4n) is 7.31. The molecule has 2 saturated heterocycles. The van der Waals surface area contributed by atoms with E-state index in [0.29, 0.717) is 44.7 Å². The summed E-state index contributed by atoms with van der Waals surface area (Å²) < 4.78 is 6.39. The van der Waals surface area contributed by atoms with E-state index in [2.05, 4.69) is 65.9 Å². The molecular weight excluding hydrogens is 586 g/mol. The molecule has 0 radical (unpaired) electrons. The summed E-state index contributed by atoms with van der Waals surface area (Å²) in [6.07, 6.45) is 3.74. The van der Waals surface area contributed by atoms with Gasteiger partial charge in [0.2, 0.25) is 5.91 Å². The average molecular weight is 630 g/mol. The van der Waals surface area contributed by atoms with Crippen molar-refractivity contribution >= 4 is 39.8 Å². The molecule has 1 unspecified atom stereocenters. The summed E-state index contributed by atoms with van der Waals surface area (Å²) >= 11 is 6.74. The van der Waals surface area contributed by atoms with E-state index >= 15 is 0 Å². The Bertz CT molecular complexity index is 1580. The number of benzene rings is 2. The van der Waals surface area contributed by atoms with Gasteiger partial charge in [-0.2, -0.15) is 15.2 Å². The predicted octanol–water partition coefficient (Wildman–Crippen LogP) is 5.68. The molecule has 3 aliphatic heterocycles. The molecule has 2 fully saturated rings. The lowest BCUT2D eigenvalue weighted by Crippen LogP contribution is -2.62. The van der Waals surface area contributed by atoms with Crippen molar-refractivity contribution in [2.24, 2.45) is 5.92 Å². The summed E-state index contributed by atoms with van der Waals surface area (Å²) in [5.41, 5.74) is 3.18. The maximum absolute atomic E-state index is 13.0. The summed E-state index contributed by atoms with van der Waals surface area (Å²) in [7, 11) is 2.15. The normalized spacial score (nSPS) is 22.2. The molecule has 45 heavy (non-hydrogen) atoms. The summed E-state index contributed by atoms with van der Waals surface area (Å²) in [5.74, 6) is 1.25. The first-order chi connectivity index (χ1) is 21.8. The standard InChI is InChI=1S/C35H44ClN7O2/c1-5-32(44)42-21-31(23(2)3)43(19-25(42)14-16-37)34-27-15-18-41(30-13-7-10-24-9-6-12-28(36)33(24)30)20-29(27)38-35(39-34)45-22-26-11-8-17-40(26)4/h6-7,9-10,12-13,23,25-26,31H,5,8,11,14-15,17-22H2,1-4H3/t25-,26+,31?/m1/s1. The molecule has 1 aromatic heterocycles. The molecule has 3 atom stereocenters. The highest BCUT2D eigenvalue weighted by Crippen LogP contribution is 2.38. The van der Waals surface area contributed by atoms with E-state index in [1.54, 1.807) is 0 Å². The highest BCUT2D eigenvalue weighted by atomic mass is 35.5. The van der Waals surface area contributed by atoms with Gasteiger partial charge in [0, 0.05) is 48.7 Å². The van der Waals surface area contributed by atoms with E-state index in [1.807, 2.05) is 24.0 Å². The number of carbonyl (C=O) groups excluding carboxylic acids is 1. The van der Waals surface area contributed by atoms with E-state index in [0.717, 1.165) is 64.5 Å². The number of anilines is 2. The molecule has 6 rings (SSSR count). The van der Waals surface area contributed by atoms with E-state index in [-0.39, 0.29) is 30.3 Å². The molecule has 2 aromatic carbocycles. The molecular formula is C35H44ClN7O2. The number of halogens is 1. The Hall–Kier alpha value is -3.61. The number of likely N-dealkylation sites (N-methyl/N-ethyl adjacent to an activating group) is 1. The highest BCUT2D eigenvalue weighted by molar-refractivity contribution is 6.36. The molecule has 238 valence electrons. The number of hydrogen-bond acceptors (Lipinski definition) is 8. The van der Waals surface area contributed by atoms with Gasteiger partial charge < -0.3 is 24.3 Å². The monoisotopic (exact) mass is 629 g/mol. The third-order valence-electron chi connectivity index (χ3n) is 9.90. The zero-order valence-corrected chi connectivity index (χ0v) is 27.6. The number of fused-ring (bicyclic) bond motifs is 2. The number of rotatable bonds is 8. The van der Waals surface area contributed by atoms with Crippen LogP contribution in [0.25, 0.3) is 10.8 Å². The van der Waals surface area contributed by atoms with Crippen LogP contribution < -0.4 is 14.5 Å². The molecule has 0 bridgehead atoms. The van der Waals surface area contributed by atoms with Crippen LogP contribution in [0.2, 0.25) is 5.02 Å². The SMILES string of the molecule is CCC(=O)N1CC(C(C)C)N(c2nc(OC[C@@H]3CCCN3C)nc3c2CCN(c2cccc4cccc(Cl)c24)C3)C[C@H]1CC#N. The molecule has 1 amide bonds. The predicted molar refractivity (Wildman–Crippen MR) is 179 cm³/mol. The van der Waals surface area contributed by atoms with Crippen LogP contribution in [0.15, 0.2) is 36.4 Å². The van der Waals surface area contributed by atoms with Crippen LogP contribution in [0.5, 0.6) is 6.01 Å². The zero-order chi connectivity index (χ0) is 31.7. The lowest BCUT2D eigenvalue weighted by atomic mass is 9.94. The number of amides is 1. The van der Waals surface area contributed by atoms with Gasteiger partial charge in [-0.05, 0) is 56.3 Å². The van der Waals surface area contributed by atoms with Gasteiger partial charge >= 0.3 is 6.01 Å². The lowest BCUT2D eigenvalue weighted by molar-refractivity contribution is -0.134. The van der Waals surface area contributed by atoms with Crippen molar-refractivity contribution in [3.05, 3.63) is 52.7 Å². The number of hydrogen-bond donors (Lipinski definition) is 0. The minimum absolute atomic E-state index is 0.0539. The number of piperazine rings is 1. The van der Waals surface area contributed by atoms with E-state index < -0.39 is 0 Å². The van der Waals surface area contributed by atoms with Crippen molar-refractivity contribution in [3.63, 3.8) is 0 Å². The third kappa shape index (κ3) is 6.28. The topological polar surface area (TPSA) is 88.8 Å². The van der Waals surface area contributed by atoms with Crippen LogP contribution in [0.4, 0.5) is 11.5 Å². The van der Waals surface area contributed by atoms with Gasteiger partial charge in [0.15, 0.2) is 0 Å². The van der Waals surface area contributed by atoms with Gasteiger partial charge in [0.05, 0.1) is 41.8 Å². The number of nitrogens with zero attached hydrogens (tertiary/aromatic N) is 7. The van der Waals surface area contributed by atoms with E-state index in [4.69, 9.17) is 26.3 Å². The molecule has 3 aliphatic rings. The van der Waals surface area contributed by atoms with Crippen molar-refractivity contribution in [1.82, 2.24) is 19.8 Å². The van der Waals surface area contributed by atoms with Crippen LogP contribution in [-0.4, -0.2) is 83.6 Å². The second-order valence-electron chi connectivity index (χ2n) is 13.0. The van der Waals surface area contributed by atoms with Gasteiger partial charge in [-0.1, -0.05) is 56.6 Å². The fraction of sp³-hybridized carbons (Fsp3) is 0.543. The quantitative estimate of drug-likeness (QED) is 0.314. The minimum Gasteiger partial charge on any atom is -0.462 e. The number of nitriles is 1. The zero-order valence-electron chi connectivity index (χ0n) is 26.9. The molecule has 9 nitrogen and oxygen atoms in total. The summed E-state index contributed by atoms with van der Waals surface area (Å²) in [4.78, 5) is 32.2. The Kier molecular flexibility index (Phi) is 9.34. The maximum atomic E-state index is 13.0. The Morgan fingerprint density at radius 1 is 1.13 bits per heavy atom. The second-order valence-corrected chi connectivity index (χ2v) is 13.4. The molecule has 0 spiro atoms. The van der Waals surface area contributed by atoms with Crippen molar-refractivity contribution in [3.8, 4) is 12.1 Å².